The van der Waals surface area contributed by atoms with E-state index in [0.29, 0.717) is 17.1 Å². The Morgan fingerprint density at radius 2 is 2.00 bits per heavy atom. The Morgan fingerprint density at radius 3 is 2.62 bits per heavy atom. The SMILES string of the molecule is COc1cc(N2CCC(NC(C)=O)CC2)cc(-c2ccc(C)c(F)c2)n1. The molecule has 1 amide bonds. The molecule has 1 aliphatic rings. The number of halogens is 1. The first-order valence-electron chi connectivity index (χ1n) is 8.81. The Hall–Kier alpha value is -2.63. The number of amides is 1. The van der Waals surface area contributed by atoms with E-state index < -0.39 is 0 Å². The van der Waals surface area contributed by atoms with E-state index in [-0.39, 0.29) is 17.8 Å². The van der Waals surface area contributed by atoms with Crippen molar-refractivity contribution in [2.24, 2.45) is 0 Å². The number of methoxy groups -OCH3 is 1. The van der Waals surface area contributed by atoms with Crippen LogP contribution in [-0.4, -0.2) is 37.1 Å². The number of benzene rings is 1. The summed E-state index contributed by atoms with van der Waals surface area (Å²) in [6, 6.07) is 9.21. The third-order valence-corrected chi connectivity index (χ3v) is 4.73. The maximum atomic E-state index is 13.9. The largest absolute Gasteiger partial charge is 0.481 e. The highest BCUT2D eigenvalue weighted by molar-refractivity contribution is 5.73. The van der Waals surface area contributed by atoms with Gasteiger partial charge in [0.25, 0.3) is 0 Å². The summed E-state index contributed by atoms with van der Waals surface area (Å²) < 4.78 is 19.3. The number of pyridine rings is 1. The fourth-order valence-electron chi connectivity index (χ4n) is 3.25. The maximum absolute atomic E-state index is 13.9. The van der Waals surface area contributed by atoms with Gasteiger partial charge in [-0.25, -0.2) is 9.37 Å². The quantitative estimate of drug-likeness (QED) is 0.912. The molecule has 1 saturated heterocycles. The van der Waals surface area contributed by atoms with Crippen molar-refractivity contribution >= 4 is 11.6 Å². The lowest BCUT2D eigenvalue weighted by molar-refractivity contribution is -0.119. The molecule has 1 aromatic heterocycles. The highest BCUT2D eigenvalue weighted by atomic mass is 19.1. The molecule has 5 nitrogen and oxygen atoms in total. The number of hydrogen-bond acceptors (Lipinski definition) is 4. The highest BCUT2D eigenvalue weighted by Gasteiger charge is 2.21. The van der Waals surface area contributed by atoms with Crippen LogP contribution >= 0.6 is 0 Å². The minimum absolute atomic E-state index is 0.0118. The summed E-state index contributed by atoms with van der Waals surface area (Å²) >= 11 is 0. The van der Waals surface area contributed by atoms with Gasteiger partial charge in [0.1, 0.15) is 5.82 Å². The fraction of sp³-hybridized carbons (Fsp3) is 0.400. The Balaban J connectivity index is 1.84. The average molecular weight is 357 g/mol. The third kappa shape index (κ3) is 4.12. The van der Waals surface area contributed by atoms with Crippen LogP contribution in [0.5, 0.6) is 5.88 Å². The maximum Gasteiger partial charge on any atom is 0.217 e. The van der Waals surface area contributed by atoms with Crippen LogP contribution in [0.4, 0.5) is 10.1 Å². The van der Waals surface area contributed by atoms with Crippen LogP contribution < -0.4 is 15.0 Å². The van der Waals surface area contributed by atoms with Gasteiger partial charge in [-0.3, -0.25) is 4.79 Å². The summed E-state index contributed by atoms with van der Waals surface area (Å²) in [4.78, 5) is 17.9. The molecule has 138 valence electrons. The molecule has 2 aromatic rings. The van der Waals surface area contributed by atoms with Crippen LogP contribution in [-0.2, 0) is 4.79 Å². The van der Waals surface area contributed by atoms with Crippen molar-refractivity contribution in [2.75, 3.05) is 25.1 Å². The number of nitrogens with zero attached hydrogens (tertiary/aromatic N) is 2. The summed E-state index contributed by atoms with van der Waals surface area (Å²) in [5, 5.41) is 2.98. The van der Waals surface area contributed by atoms with Gasteiger partial charge in [0.15, 0.2) is 0 Å². The molecule has 0 saturated carbocycles. The molecule has 0 atom stereocenters. The minimum Gasteiger partial charge on any atom is -0.481 e. The van der Waals surface area contributed by atoms with E-state index >= 15 is 0 Å². The molecule has 1 fully saturated rings. The number of anilines is 1. The fourth-order valence-corrected chi connectivity index (χ4v) is 3.25. The topological polar surface area (TPSA) is 54.5 Å². The van der Waals surface area contributed by atoms with Gasteiger partial charge < -0.3 is 15.0 Å². The Kier molecular flexibility index (Phi) is 5.40. The van der Waals surface area contributed by atoms with E-state index in [1.165, 1.54) is 6.07 Å². The molecule has 0 aliphatic carbocycles. The molecular formula is C20H24FN3O2. The molecule has 1 N–H and O–H groups in total. The van der Waals surface area contributed by atoms with Crippen LogP contribution in [0.15, 0.2) is 30.3 Å². The summed E-state index contributed by atoms with van der Waals surface area (Å²) in [6.07, 6.45) is 1.78. The minimum atomic E-state index is -0.246. The molecule has 0 radical (unpaired) electrons. The van der Waals surface area contributed by atoms with Gasteiger partial charge >= 0.3 is 0 Å². The van der Waals surface area contributed by atoms with Crippen LogP contribution in [0.25, 0.3) is 11.3 Å². The molecular weight excluding hydrogens is 333 g/mol. The van der Waals surface area contributed by atoms with Crippen LogP contribution in [0.1, 0.15) is 25.3 Å². The zero-order chi connectivity index (χ0) is 18.7. The van der Waals surface area contributed by atoms with Gasteiger partial charge in [-0.1, -0.05) is 12.1 Å². The Morgan fingerprint density at radius 1 is 1.27 bits per heavy atom. The second-order valence-corrected chi connectivity index (χ2v) is 6.68. The van der Waals surface area contributed by atoms with E-state index in [2.05, 4.69) is 15.2 Å². The zero-order valence-electron chi connectivity index (χ0n) is 15.4. The third-order valence-electron chi connectivity index (χ3n) is 4.73. The van der Waals surface area contributed by atoms with Gasteiger partial charge in [0, 0.05) is 43.4 Å². The smallest absolute Gasteiger partial charge is 0.217 e. The summed E-state index contributed by atoms with van der Waals surface area (Å²) in [5.74, 6) is 0.268. The normalized spacial score (nSPS) is 15.0. The van der Waals surface area contributed by atoms with Crippen molar-refractivity contribution in [3.05, 3.63) is 41.7 Å². The summed E-state index contributed by atoms with van der Waals surface area (Å²) in [7, 11) is 1.58. The number of aromatic nitrogens is 1. The molecule has 2 heterocycles. The van der Waals surface area contributed by atoms with Gasteiger partial charge in [-0.05, 0) is 37.5 Å². The van der Waals surface area contributed by atoms with Crippen molar-refractivity contribution in [2.45, 2.75) is 32.7 Å². The molecule has 26 heavy (non-hydrogen) atoms. The number of hydrogen-bond donors (Lipinski definition) is 1. The van der Waals surface area contributed by atoms with E-state index in [4.69, 9.17) is 4.74 Å². The first kappa shape index (κ1) is 18.2. The van der Waals surface area contributed by atoms with Crippen molar-refractivity contribution in [1.29, 1.82) is 0 Å². The summed E-state index contributed by atoms with van der Waals surface area (Å²) in [6.45, 7) is 4.95. The number of carbonyl (C=O) groups is 1. The average Bonchev–Trinajstić information content (AvgIpc) is 2.63. The molecule has 6 heteroatoms. The Labute approximate surface area is 153 Å². The van der Waals surface area contributed by atoms with Crippen molar-refractivity contribution in [3.8, 4) is 17.1 Å². The Bertz CT molecular complexity index is 802. The van der Waals surface area contributed by atoms with Crippen LogP contribution in [0.3, 0.4) is 0 Å². The summed E-state index contributed by atoms with van der Waals surface area (Å²) in [5.41, 5.74) is 3.01. The van der Waals surface area contributed by atoms with E-state index in [0.717, 1.165) is 37.2 Å². The number of rotatable bonds is 4. The van der Waals surface area contributed by atoms with Crippen molar-refractivity contribution < 1.29 is 13.9 Å². The molecule has 1 aromatic carbocycles. The van der Waals surface area contributed by atoms with Gasteiger partial charge in [-0.2, -0.15) is 0 Å². The lowest BCUT2D eigenvalue weighted by Gasteiger charge is -2.34. The number of nitrogens with one attached hydrogen (secondary N) is 1. The molecule has 0 unspecified atom stereocenters. The predicted octanol–water partition coefficient (Wildman–Crippen LogP) is 3.31. The van der Waals surface area contributed by atoms with Crippen molar-refractivity contribution in [1.82, 2.24) is 10.3 Å². The second-order valence-electron chi connectivity index (χ2n) is 6.68. The predicted molar refractivity (Wildman–Crippen MR) is 100.0 cm³/mol. The molecule has 0 bridgehead atoms. The second kappa shape index (κ2) is 7.72. The molecule has 1 aliphatic heterocycles. The lowest BCUT2D eigenvalue weighted by Crippen LogP contribution is -2.44. The van der Waals surface area contributed by atoms with Gasteiger partial charge in [0.2, 0.25) is 11.8 Å². The van der Waals surface area contributed by atoms with Crippen LogP contribution in [0, 0.1) is 12.7 Å². The number of piperidine rings is 1. The first-order chi connectivity index (χ1) is 12.5. The van der Waals surface area contributed by atoms with E-state index in [1.807, 2.05) is 18.2 Å². The van der Waals surface area contributed by atoms with E-state index in [9.17, 15) is 9.18 Å². The molecule has 0 spiro atoms. The first-order valence-corrected chi connectivity index (χ1v) is 8.81. The number of aryl methyl sites for hydroxylation is 1. The van der Waals surface area contributed by atoms with Gasteiger partial charge in [-0.15, -0.1) is 0 Å². The molecule has 3 rings (SSSR count). The van der Waals surface area contributed by atoms with E-state index in [1.54, 1.807) is 27.0 Å². The zero-order valence-corrected chi connectivity index (χ0v) is 15.4. The number of carbonyl (C=O) groups excluding carboxylic acids is 1. The highest BCUT2D eigenvalue weighted by Crippen LogP contribution is 2.29. The monoisotopic (exact) mass is 357 g/mol. The lowest BCUT2D eigenvalue weighted by atomic mass is 10.0. The van der Waals surface area contributed by atoms with Gasteiger partial charge in [0.05, 0.1) is 12.8 Å². The van der Waals surface area contributed by atoms with Crippen LogP contribution in [0.2, 0.25) is 0 Å². The van der Waals surface area contributed by atoms with Crippen molar-refractivity contribution in [3.63, 3.8) is 0 Å². The number of ether oxygens (including phenoxy) is 1. The standard InChI is InChI=1S/C20H24FN3O2/c1-13-4-5-15(10-18(13)21)19-11-17(12-20(23-19)26-3)24-8-6-16(7-9-24)22-14(2)25/h4-5,10-12,16H,6-9H2,1-3H3,(H,22,25).